The first-order valence-corrected chi connectivity index (χ1v) is 8.20. The van der Waals surface area contributed by atoms with E-state index >= 15 is 0 Å². The van der Waals surface area contributed by atoms with Gasteiger partial charge in [0.2, 0.25) is 0 Å². The zero-order valence-electron chi connectivity index (χ0n) is 15.0. The lowest BCUT2D eigenvalue weighted by molar-refractivity contribution is 0.174. The van der Waals surface area contributed by atoms with Crippen LogP contribution in [-0.4, -0.2) is 36.0 Å². The molecular formula is C18H32N4. The Kier molecular flexibility index (Phi) is 7.39. The highest BCUT2D eigenvalue weighted by molar-refractivity contribution is 5.92. The van der Waals surface area contributed by atoms with Gasteiger partial charge in [-0.05, 0) is 71.2 Å². The maximum Gasteiger partial charge on any atom is 0.193 e. The van der Waals surface area contributed by atoms with Gasteiger partial charge in [-0.1, -0.05) is 6.07 Å². The molecule has 0 aromatic heterocycles. The van der Waals surface area contributed by atoms with E-state index in [-0.39, 0.29) is 0 Å². The Morgan fingerprint density at radius 2 is 1.64 bits per heavy atom. The smallest absolute Gasteiger partial charge is 0.193 e. The van der Waals surface area contributed by atoms with Crippen LogP contribution in [0.25, 0.3) is 0 Å². The highest BCUT2D eigenvalue weighted by Gasteiger charge is 2.11. The number of aryl methyl sites for hydroxylation is 2. The number of nitrogens with zero attached hydrogens (tertiary/aromatic N) is 2. The quantitative estimate of drug-likeness (QED) is 0.460. The molecule has 0 radical (unpaired) electrons. The van der Waals surface area contributed by atoms with Gasteiger partial charge in [0.05, 0.1) is 0 Å². The molecule has 0 spiro atoms. The van der Waals surface area contributed by atoms with Gasteiger partial charge in [-0.15, -0.1) is 0 Å². The number of hydrogen-bond acceptors (Lipinski definition) is 2. The summed E-state index contributed by atoms with van der Waals surface area (Å²) in [5.41, 5.74) is 9.42. The Labute approximate surface area is 135 Å². The van der Waals surface area contributed by atoms with Crippen molar-refractivity contribution < 1.29 is 0 Å². The van der Waals surface area contributed by atoms with Gasteiger partial charge in [-0.2, -0.15) is 0 Å². The van der Waals surface area contributed by atoms with Gasteiger partial charge >= 0.3 is 0 Å². The van der Waals surface area contributed by atoms with Crippen LogP contribution in [-0.2, 0) is 0 Å². The van der Waals surface area contributed by atoms with Crippen LogP contribution >= 0.6 is 0 Å². The average molecular weight is 304 g/mol. The molecule has 0 amide bonds. The SMILES string of the molecule is Cc1cc(C)cc(NC(N)=NCCCN(C(C)C)C(C)C)c1. The van der Waals surface area contributed by atoms with E-state index in [0.29, 0.717) is 18.0 Å². The Morgan fingerprint density at radius 1 is 1.09 bits per heavy atom. The first-order chi connectivity index (χ1) is 10.3. The van der Waals surface area contributed by atoms with Crippen molar-refractivity contribution in [3.63, 3.8) is 0 Å². The molecule has 0 heterocycles. The number of anilines is 1. The second-order valence-corrected chi connectivity index (χ2v) is 6.55. The minimum Gasteiger partial charge on any atom is -0.370 e. The summed E-state index contributed by atoms with van der Waals surface area (Å²) < 4.78 is 0. The zero-order valence-corrected chi connectivity index (χ0v) is 15.0. The van der Waals surface area contributed by atoms with Crippen LogP contribution < -0.4 is 11.1 Å². The van der Waals surface area contributed by atoms with Crippen molar-refractivity contribution in [2.75, 3.05) is 18.4 Å². The van der Waals surface area contributed by atoms with Crippen LogP contribution in [0.15, 0.2) is 23.2 Å². The lowest BCUT2D eigenvalue weighted by atomic mass is 10.1. The van der Waals surface area contributed by atoms with E-state index in [4.69, 9.17) is 5.73 Å². The van der Waals surface area contributed by atoms with E-state index < -0.39 is 0 Å². The van der Waals surface area contributed by atoms with E-state index in [0.717, 1.165) is 25.2 Å². The molecule has 0 atom stereocenters. The van der Waals surface area contributed by atoms with E-state index in [1.165, 1.54) is 11.1 Å². The fourth-order valence-corrected chi connectivity index (χ4v) is 2.80. The number of benzene rings is 1. The second kappa shape index (κ2) is 8.79. The van der Waals surface area contributed by atoms with Gasteiger partial charge < -0.3 is 11.1 Å². The van der Waals surface area contributed by atoms with Crippen LogP contribution in [0.3, 0.4) is 0 Å². The van der Waals surface area contributed by atoms with Gasteiger partial charge in [-0.3, -0.25) is 9.89 Å². The summed E-state index contributed by atoms with van der Waals surface area (Å²) in [7, 11) is 0. The standard InChI is InChI=1S/C18H32N4/c1-13(2)22(14(3)4)9-7-8-20-18(19)21-17-11-15(5)10-16(6)12-17/h10-14H,7-9H2,1-6H3,(H3,19,20,21). The summed E-state index contributed by atoms with van der Waals surface area (Å²) in [5, 5.41) is 3.17. The average Bonchev–Trinajstić information content (AvgIpc) is 2.35. The van der Waals surface area contributed by atoms with Crippen LogP contribution in [0.4, 0.5) is 5.69 Å². The zero-order chi connectivity index (χ0) is 16.7. The summed E-state index contributed by atoms with van der Waals surface area (Å²) in [4.78, 5) is 6.90. The third kappa shape index (κ3) is 6.48. The van der Waals surface area contributed by atoms with Gasteiger partial charge in [0.15, 0.2) is 5.96 Å². The number of hydrogen-bond donors (Lipinski definition) is 2. The lowest BCUT2D eigenvalue weighted by Gasteiger charge is -2.30. The maximum atomic E-state index is 5.97. The van der Waals surface area contributed by atoms with Crippen molar-refractivity contribution in [3.05, 3.63) is 29.3 Å². The molecule has 1 aromatic rings. The van der Waals surface area contributed by atoms with Crippen LogP contribution in [0.2, 0.25) is 0 Å². The van der Waals surface area contributed by atoms with Crippen molar-refractivity contribution >= 4 is 11.6 Å². The van der Waals surface area contributed by atoms with Gasteiger partial charge in [0.1, 0.15) is 0 Å². The Morgan fingerprint density at radius 3 is 2.14 bits per heavy atom. The van der Waals surface area contributed by atoms with E-state index in [2.05, 4.69) is 75.0 Å². The number of nitrogens with two attached hydrogens (primary N) is 1. The van der Waals surface area contributed by atoms with E-state index in [9.17, 15) is 0 Å². The topological polar surface area (TPSA) is 53.6 Å². The van der Waals surface area contributed by atoms with Crippen molar-refractivity contribution in [2.24, 2.45) is 10.7 Å². The summed E-state index contributed by atoms with van der Waals surface area (Å²) in [6.45, 7) is 14.9. The largest absolute Gasteiger partial charge is 0.370 e. The third-order valence-corrected chi connectivity index (χ3v) is 3.68. The molecule has 0 fully saturated rings. The normalized spacial score (nSPS) is 12.5. The summed E-state index contributed by atoms with van der Waals surface area (Å²) >= 11 is 0. The lowest BCUT2D eigenvalue weighted by Crippen LogP contribution is -2.38. The minimum atomic E-state index is 0.491. The molecule has 4 nitrogen and oxygen atoms in total. The number of guanidine groups is 1. The molecule has 0 saturated carbocycles. The van der Waals surface area contributed by atoms with Gasteiger partial charge in [0, 0.05) is 30.9 Å². The Bertz CT molecular complexity index is 464. The molecule has 0 aliphatic rings. The van der Waals surface area contributed by atoms with Crippen molar-refractivity contribution in [1.82, 2.24) is 4.90 Å². The molecule has 124 valence electrons. The van der Waals surface area contributed by atoms with Crippen LogP contribution in [0, 0.1) is 13.8 Å². The molecule has 3 N–H and O–H groups in total. The van der Waals surface area contributed by atoms with E-state index in [1.54, 1.807) is 0 Å². The van der Waals surface area contributed by atoms with Crippen molar-refractivity contribution in [1.29, 1.82) is 0 Å². The molecule has 22 heavy (non-hydrogen) atoms. The third-order valence-electron chi connectivity index (χ3n) is 3.68. The first-order valence-electron chi connectivity index (χ1n) is 8.20. The summed E-state index contributed by atoms with van der Waals surface area (Å²) in [6.07, 6.45) is 1.02. The van der Waals surface area contributed by atoms with Crippen molar-refractivity contribution in [3.8, 4) is 0 Å². The molecular weight excluding hydrogens is 272 g/mol. The molecule has 1 aromatic carbocycles. The maximum absolute atomic E-state index is 5.97. The molecule has 1 rings (SSSR count). The predicted molar refractivity (Wildman–Crippen MR) is 97.6 cm³/mol. The highest BCUT2D eigenvalue weighted by Crippen LogP contribution is 2.13. The monoisotopic (exact) mass is 304 g/mol. The van der Waals surface area contributed by atoms with E-state index in [1.807, 2.05) is 0 Å². The highest BCUT2D eigenvalue weighted by atomic mass is 15.2. The fraction of sp³-hybridized carbons (Fsp3) is 0.611. The first kappa shape index (κ1) is 18.5. The molecule has 0 bridgehead atoms. The fourth-order valence-electron chi connectivity index (χ4n) is 2.80. The van der Waals surface area contributed by atoms with Crippen molar-refractivity contribution in [2.45, 2.75) is 60.0 Å². The number of nitrogens with one attached hydrogen (secondary N) is 1. The second-order valence-electron chi connectivity index (χ2n) is 6.55. The number of rotatable bonds is 7. The Balaban J connectivity index is 2.46. The minimum absolute atomic E-state index is 0.491. The van der Waals surface area contributed by atoms with Crippen LogP contribution in [0.1, 0.15) is 45.2 Å². The predicted octanol–water partition coefficient (Wildman–Crippen LogP) is 3.54. The molecule has 0 unspecified atom stereocenters. The summed E-state index contributed by atoms with van der Waals surface area (Å²) in [5.74, 6) is 0.491. The molecule has 0 aliphatic carbocycles. The van der Waals surface area contributed by atoms with Crippen LogP contribution in [0.5, 0.6) is 0 Å². The Hall–Kier alpha value is -1.55. The van der Waals surface area contributed by atoms with Gasteiger partial charge in [-0.25, -0.2) is 0 Å². The number of aliphatic imine (C=N–C) groups is 1. The molecule has 0 saturated heterocycles. The molecule has 4 heteroatoms. The summed E-state index contributed by atoms with van der Waals surface area (Å²) in [6, 6.07) is 7.43. The molecule has 0 aliphatic heterocycles. The van der Waals surface area contributed by atoms with Gasteiger partial charge in [0.25, 0.3) is 0 Å².